The predicted octanol–water partition coefficient (Wildman–Crippen LogP) is 2.68. The summed E-state index contributed by atoms with van der Waals surface area (Å²) in [6, 6.07) is 11.4. The summed E-state index contributed by atoms with van der Waals surface area (Å²) in [6.07, 6.45) is 5.21. The van der Waals surface area contributed by atoms with Gasteiger partial charge in [-0.2, -0.15) is 0 Å². The molecule has 2 unspecified atom stereocenters. The van der Waals surface area contributed by atoms with Gasteiger partial charge in [-0.3, -0.25) is 9.88 Å². The first-order valence-electron chi connectivity index (χ1n) is 7.49. The second-order valence-corrected chi connectivity index (χ2v) is 6.40. The van der Waals surface area contributed by atoms with Crippen LogP contribution in [0.4, 0.5) is 0 Å². The standard InChI is InChI=1S/C17H20N2O/c1-12-10-17(20,11-19(12)15-6-7-15)14-5-4-13-3-2-8-18-16(13)9-14/h2-5,8-9,12,15,20H,6-7,10-11H2,1H3. The van der Waals surface area contributed by atoms with Gasteiger partial charge in [0.2, 0.25) is 0 Å². The molecule has 3 nitrogen and oxygen atoms in total. The van der Waals surface area contributed by atoms with E-state index in [-0.39, 0.29) is 0 Å². The van der Waals surface area contributed by atoms with Crippen LogP contribution < -0.4 is 0 Å². The Morgan fingerprint density at radius 1 is 1.30 bits per heavy atom. The molecule has 104 valence electrons. The number of benzene rings is 1. The molecule has 1 aliphatic carbocycles. The van der Waals surface area contributed by atoms with E-state index in [0.29, 0.717) is 12.1 Å². The van der Waals surface area contributed by atoms with Gasteiger partial charge in [0.15, 0.2) is 0 Å². The van der Waals surface area contributed by atoms with Crippen molar-refractivity contribution < 1.29 is 5.11 Å². The van der Waals surface area contributed by atoms with Gasteiger partial charge in [-0.05, 0) is 43.9 Å². The van der Waals surface area contributed by atoms with Crippen LogP contribution in [0, 0.1) is 0 Å². The van der Waals surface area contributed by atoms with E-state index in [1.165, 1.54) is 12.8 Å². The summed E-state index contributed by atoms with van der Waals surface area (Å²) in [4.78, 5) is 6.88. The van der Waals surface area contributed by atoms with Crippen molar-refractivity contribution in [3.8, 4) is 0 Å². The fourth-order valence-corrected chi connectivity index (χ4v) is 3.59. The lowest BCUT2D eigenvalue weighted by molar-refractivity contribution is 0.0453. The molecule has 1 aliphatic heterocycles. The van der Waals surface area contributed by atoms with Crippen molar-refractivity contribution in [3.05, 3.63) is 42.1 Å². The molecule has 0 spiro atoms. The molecule has 0 amide bonds. The van der Waals surface area contributed by atoms with Crippen LogP contribution in [0.2, 0.25) is 0 Å². The van der Waals surface area contributed by atoms with E-state index in [1.54, 1.807) is 0 Å². The summed E-state index contributed by atoms with van der Waals surface area (Å²) in [5, 5.41) is 12.2. The summed E-state index contributed by atoms with van der Waals surface area (Å²) in [5.74, 6) is 0. The zero-order valence-electron chi connectivity index (χ0n) is 11.8. The molecular formula is C17H20N2O. The van der Waals surface area contributed by atoms with Gasteiger partial charge in [0.05, 0.1) is 5.52 Å². The van der Waals surface area contributed by atoms with E-state index in [9.17, 15) is 5.11 Å². The minimum Gasteiger partial charge on any atom is -0.384 e. The van der Waals surface area contributed by atoms with Gasteiger partial charge in [-0.25, -0.2) is 0 Å². The Kier molecular flexibility index (Phi) is 2.63. The van der Waals surface area contributed by atoms with Crippen molar-refractivity contribution in [2.75, 3.05) is 6.54 Å². The monoisotopic (exact) mass is 268 g/mol. The first-order chi connectivity index (χ1) is 9.66. The third-order valence-electron chi connectivity index (χ3n) is 4.80. The number of fused-ring (bicyclic) bond motifs is 1. The maximum absolute atomic E-state index is 11.1. The number of rotatable bonds is 2. The van der Waals surface area contributed by atoms with Crippen molar-refractivity contribution in [1.82, 2.24) is 9.88 Å². The number of β-amino-alcohol motifs (C(OH)–C–C–N with tert-alkyl or cyclic N) is 1. The molecule has 1 saturated heterocycles. The number of aliphatic hydroxyl groups is 1. The van der Waals surface area contributed by atoms with Gasteiger partial charge >= 0.3 is 0 Å². The molecule has 2 atom stereocenters. The molecule has 4 rings (SSSR count). The molecular weight excluding hydrogens is 248 g/mol. The summed E-state index contributed by atoms with van der Waals surface area (Å²) in [5.41, 5.74) is 1.27. The smallest absolute Gasteiger partial charge is 0.104 e. The first-order valence-corrected chi connectivity index (χ1v) is 7.49. The highest BCUT2D eigenvalue weighted by Gasteiger charge is 2.46. The van der Waals surface area contributed by atoms with Crippen LogP contribution in [0.3, 0.4) is 0 Å². The lowest BCUT2D eigenvalue weighted by Crippen LogP contribution is -2.33. The zero-order chi connectivity index (χ0) is 13.7. The molecule has 1 aromatic heterocycles. The van der Waals surface area contributed by atoms with E-state index in [2.05, 4.69) is 41.1 Å². The largest absolute Gasteiger partial charge is 0.384 e. The van der Waals surface area contributed by atoms with Crippen LogP contribution in [-0.4, -0.2) is 33.6 Å². The highest BCUT2D eigenvalue weighted by atomic mass is 16.3. The first kappa shape index (κ1) is 12.3. The Balaban J connectivity index is 1.70. The minimum atomic E-state index is -0.715. The van der Waals surface area contributed by atoms with Crippen molar-refractivity contribution in [3.63, 3.8) is 0 Å². The van der Waals surface area contributed by atoms with Crippen LogP contribution >= 0.6 is 0 Å². The Bertz CT molecular complexity index is 652. The quantitative estimate of drug-likeness (QED) is 0.909. The van der Waals surface area contributed by atoms with E-state index >= 15 is 0 Å². The predicted molar refractivity (Wildman–Crippen MR) is 79.4 cm³/mol. The number of likely N-dealkylation sites (tertiary alicyclic amines) is 1. The molecule has 1 aromatic carbocycles. The second-order valence-electron chi connectivity index (χ2n) is 6.40. The fourth-order valence-electron chi connectivity index (χ4n) is 3.59. The van der Waals surface area contributed by atoms with Crippen molar-refractivity contribution in [2.45, 2.75) is 43.9 Å². The number of pyridine rings is 1. The molecule has 2 aromatic rings. The Morgan fingerprint density at radius 3 is 2.95 bits per heavy atom. The molecule has 2 aliphatic rings. The highest BCUT2D eigenvalue weighted by Crippen LogP contribution is 2.42. The molecule has 0 bridgehead atoms. The van der Waals surface area contributed by atoms with Crippen LogP contribution in [0.15, 0.2) is 36.5 Å². The van der Waals surface area contributed by atoms with Gasteiger partial charge in [0, 0.05) is 30.2 Å². The number of hydrogen-bond donors (Lipinski definition) is 1. The van der Waals surface area contributed by atoms with Gasteiger partial charge in [-0.15, -0.1) is 0 Å². The van der Waals surface area contributed by atoms with Crippen LogP contribution in [0.25, 0.3) is 10.9 Å². The highest BCUT2D eigenvalue weighted by molar-refractivity contribution is 5.79. The average Bonchev–Trinajstić information content (AvgIpc) is 3.24. The van der Waals surface area contributed by atoms with Crippen molar-refractivity contribution in [2.24, 2.45) is 0 Å². The molecule has 3 heteroatoms. The lowest BCUT2D eigenvalue weighted by atomic mass is 9.91. The Morgan fingerprint density at radius 2 is 2.15 bits per heavy atom. The maximum atomic E-state index is 11.1. The Labute approximate surface area is 119 Å². The number of nitrogens with zero attached hydrogens (tertiary/aromatic N) is 2. The molecule has 1 N–H and O–H groups in total. The summed E-state index contributed by atoms with van der Waals surface area (Å²) in [6.45, 7) is 2.99. The van der Waals surface area contributed by atoms with Crippen LogP contribution in [0.1, 0.15) is 31.7 Å². The molecule has 1 saturated carbocycles. The molecule has 0 radical (unpaired) electrons. The average molecular weight is 268 g/mol. The van der Waals surface area contributed by atoms with Gasteiger partial charge in [0.25, 0.3) is 0 Å². The van der Waals surface area contributed by atoms with Gasteiger partial charge in [0.1, 0.15) is 5.60 Å². The normalized spacial score (nSPS) is 31.0. The van der Waals surface area contributed by atoms with E-state index in [1.807, 2.05) is 12.3 Å². The molecule has 20 heavy (non-hydrogen) atoms. The van der Waals surface area contributed by atoms with Crippen LogP contribution in [-0.2, 0) is 5.60 Å². The van der Waals surface area contributed by atoms with Gasteiger partial charge < -0.3 is 5.11 Å². The van der Waals surface area contributed by atoms with Crippen LogP contribution in [0.5, 0.6) is 0 Å². The lowest BCUT2D eigenvalue weighted by Gasteiger charge is -2.24. The van der Waals surface area contributed by atoms with Crippen molar-refractivity contribution >= 4 is 10.9 Å². The maximum Gasteiger partial charge on any atom is 0.104 e. The summed E-state index contributed by atoms with van der Waals surface area (Å²) < 4.78 is 0. The number of aromatic nitrogens is 1. The summed E-state index contributed by atoms with van der Waals surface area (Å²) >= 11 is 0. The second kappa shape index (κ2) is 4.27. The summed E-state index contributed by atoms with van der Waals surface area (Å²) in [7, 11) is 0. The van der Waals surface area contributed by atoms with E-state index in [0.717, 1.165) is 29.4 Å². The number of hydrogen-bond acceptors (Lipinski definition) is 3. The topological polar surface area (TPSA) is 36.4 Å². The SMILES string of the molecule is CC1CC(O)(c2ccc3cccnc3c2)CN1C1CC1. The zero-order valence-corrected chi connectivity index (χ0v) is 11.8. The third kappa shape index (κ3) is 1.93. The molecule has 2 heterocycles. The minimum absolute atomic E-state index is 0.465. The third-order valence-corrected chi connectivity index (χ3v) is 4.80. The van der Waals surface area contributed by atoms with Gasteiger partial charge in [-0.1, -0.05) is 18.2 Å². The Hall–Kier alpha value is -1.45. The molecule has 2 fully saturated rings. The van der Waals surface area contributed by atoms with Crippen molar-refractivity contribution in [1.29, 1.82) is 0 Å². The fraction of sp³-hybridized carbons (Fsp3) is 0.471. The van der Waals surface area contributed by atoms with E-state index in [4.69, 9.17) is 0 Å². The van der Waals surface area contributed by atoms with E-state index < -0.39 is 5.60 Å².